The monoisotopic (exact) mass is 334 g/mol. The SMILES string of the molecule is CCNC(=NCc1ccc(C)cc1OC)NCC(C)N(CC)CC. The van der Waals surface area contributed by atoms with Crippen molar-refractivity contribution in [3.05, 3.63) is 29.3 Å². The number of hydrogen-bond donors (Lipinski definition) is 2. The first-order valence-electron chi connectivity index (χ1n) is 8.95. The van der Waals surface area contributed by atoms with Crippen molar-refractivity contribution in [1.29, 1.82) is 0 Å². The number of benzene rings is 1. The lowest BCUT2D eigenvalue weighted by molar-refractivity contribution is 0.231. The largest absolute Gasteiger partial charge is 0.496 e. The zero-order valence-corrected chi connectivity index (χ0v) is 16.1. The number of ether oxygens (including phenoxy) is 1. The smallest absolute Gasteiger partial charge is 0.191 e. The lowest BCUT2D eigenvalue weighted by Gasteiger charge is -2.27. The third kappa shape index (κ3) is 6.40. The minimum absolute atomic E-state index is 0.470. The van der Waals surface area contributed by atoms with Crippen LogP contribution in [0.4, 0.5) is 0 Å². The Labute approximate surface area is 147 Å². The van der Waals surface area contributed by atoms with Crippen molar-refractivity contribution in [2.45, 2.75) is 47.2 Å². The lowest BCUT2D eigenvalue weighted by atomic mass is 10.1. The van der Waals surface area contributed by atoms with Crippen LogP contribution in [0.25, 0.3) is 0 Å². The normalized spacial score (nSPS) is 13.0. The lowest BCUT2D eigenvalue weighted by Crippen LogP contribution is -2.45. The molecule has 0 spiro atoms. The number of nitrogens with zero attached hydrogens (tertiary/aromatic N) is 2. The van der Waals surface area contributed by atoms with Crippen molar-refractivity contribution in [2.75, 3.05) is 33.3 Å². The van der Waals surface area contributed by atoms with Gasteiger partial charge in [0, 0.05) is 24.7 Å². The highest BCUT2D eigenvalue weighted by atomic mass is 16.5. The molecule has 0 aliphatic rings. The van der Waals surface area contributed by atoms with Crippen LogP contribution >= 0.6 is 0 Å². The Morgan fingerprint density at radius 1 is 1.21 bits per heavy atom. The first-order chi connectivity index (χ1) is 11.5. The molecule has 0 radical (unpaired) electrons. The van der Waals surface area contributed by atoms with Crippen LogP contribution in [0.15, 0.2) is 23.2 Å². The highest BCUT2D eigenvalue weighted by Gasteiger charge is 2.10. The zero-order chi connectivity index (χ0) is 17.9. The van der Waals surface area contributed by atoms with Crippen LogP contribution in [0, 0.1) is 6.92 Å². The van der Waals surface area contributed by atoms with Gasteiger partial charge in [-0.05, 0) is 45.5 Å². The van der Waals surface area contributed by atoms with E-state index in [2.05, 4.69) is 62.3 Å². The average Bonchev–Trinajstić information content (AvgIpc) is 2.59. The van der Waals surface area contributed by atoms with Crippen LogP contribution in [0.5, 0.6) is 5.75 Å². The van der Waals surface area contributed by atoms with E-state index in [1.165, 1.54) is 5.56 Å². The van der Waals surface area contributed by atoms with Crippen molar-refractivity contribution in [2.24, 2.45) is 4.99 Å². The molecule has 1 aromatic rings. The van der Waals surface area contributed by atoms with Gasteiger partial charge in [-0.1, -0.05) is 26.0 Å². The summed E-state index contributed by atoms with van der Waals surface area (Å²) >= 11 is 0. The molecule has 0 aliphatic carbocycles. The predicted octanol–water partition coefficient (Wildman–Crippen LogP) is 2.79. The summed E-state index contributed by atoms with van der Waals surface area (Å²) in [5, 5.41) is 6.76. The Bertz CT molecular complexity index is 512. The van der Waals surface area contributed by atoms with E-state index in [-0.39, 0.29) is 0 Å². The summed E-state index contributed by atoms with van der Waals surface area (Å²) in [6.07, 6.45) is 0. The molecule has 0 amide bonds. The number of aryl methyl sites for hydroxylation is 1. The molecule has 5 nitrogen and oxygen atoms in total. The van der Waals surface area contributed by atoms with Gasteiger partial charge in [0.25, 0.3) is 0 Å². The van der Waals surface area contributed by atoms with Gasteiger partial charge in [-0.2, -0.15) is 0 Å². The molecule has 0 aromatic heterocycles. The molecule has 1 rings (SSSR count). The molecular weight excluding hydrogens is 300 g/mol. The second kappa shape index (κ2) is 10.9. The van der Waals surface area contributed by atoms with Gasteiger partial charge in [-0.25, -0.2) is 4.99 Å². The summed E-state index contributed by atoms with van der Waals surface area (Å²) in [5.41, 5.74) is 2.29. The van der Waals surface area contributed by atoms with E-state index in [9.17, 15) is 0 Å². The molecular formula is C19H34N4O. The van der Waals surface area contributed by atoms with Crippen LogP contribution in [0.3, 0.4) is 0 Å². The molecule has 0 saturated heterocycles. The summed E-state index contributed by atoms with van der Waals surface area (Å²) in [5.74, 6) is 1.74. The van der Waals surface area contributed by atoms with Crippen molar-refractivity contribution in [1.82, 2.24) is 15.5 Å². The van der Waals surface area contributed by atoms with E-state index in [4.69, 9.17) is 9.73 Å². The van der Waals surface area contributed by atoms with Crippen LogP contribution < -0.4 is 15.4 Å². The molecule has 5 heteroatoms. The topological polar surface area (TPSA) is 48.9 Å². The molecule has 0 fully saturated rings. The maximum Gasteiger partial charge on any atom is 0.191 e. The zero-order valence-electron chi connectivity index (χ0n) is 16.1. The fourth-order valence-electron chi connectivity index (χ4n) is 2.71. The van der Waals surface area contributed by atoms with Gasteiger partial charge in [0.1, 0.15) is 5.75 Å². The van der Waals surface area contributed by atoms with Gasteiger partial charge >= 0.3 is 0 Å². The minimum atomic E-state index is 0.470. The number of aliphatic imine (C=N–C) groups is 1. The molecule has 1 aromatic carbocycles. The third-order valence-electron chi connectivity index (χ3n) is 4.19. The Kier molecular flexibility index (Phi) is 9.23. The highest BCUT2D eigenvalue weighted by Crippen LogP contribution is 2.20. The molecule has 1 atom stereocenters. The first-order valence-corrected chi connectivity index (χ1v) is 8.95. The summed E-state index contributed by atoms with van der Waals surface area (Å²) in [4.78, 5) is 7.13. The minimum Gasteiger partial charge on any atom is -0.496 e. The molecule has 136 valence electrons. The molecule has 0 saturated carbocycles. The van der Waals surface area contributed by atoms with Gasteiger partial charge in [0.2, 0.25) is 0 Å². The number of rotatable bonds is 9. The van der Waals surface area contributed by atoms with Crippen LogP contribution in [0.1, 0.15) is 38.8 Å². The maximum absolute atomic E-state index is 5.46. The Balaban J connectivity index is 2.72. The standard InChI is InChI=1S/C19H34N4O/c1-7-20-19(21-13-16(5)23(8-2)9-3)22-14-17-11-10-15(4)12-18(17)24-6/h10-12,16H,7-9,13-14H2,1-6H3,(H2,20,21,22). The van der Waals surface area contributed by atoms with E-state index in [1.54, 1.807) is 7.11 Å². The molecule has 2 N–H and O–H groups in total. The molecule has 0 heterocycles. The van der Waals surface area contributed by atoms with Crippen LogP contribution in [-0.2, 0) is 6.54 Å². The quantitative estimate of drug-likeness (QED) is 0.538. The van der Waals surface area contributed by atoms with Crippen molar-refractivity contribution in [3.63, 3.8) is 0 Å². The molecule has 24 heavy (non-hydrogen) atoms. The van der Waals surface area contributed by atoms with Crippen molar-refractivity contribution in [3.8, 4) is 5.75 Å². The number of methoxy groups -OCH3 is 1. The fourth-order valence-corrected chi connectivity index (χ4v) is 2.71. The van der Waals surface area contributed by atoms with E-state index in [0.717, 1.165) is 43.5 Å². The molecule has 0 aliphatic heterocycles. The number of nitrogens with one attached hydrogen (secondary N) is 2. The predicted molar refractivity (Wildman–Crippen MR) is 103 cm³/mol. The summed E-state index contributed by atoms with van der Waals surface area (Å²) < 4.78 is 5.46. The van der Waals surface area contributed by atoms with E-state index in [0.29, 0.717) is 12.6 Å². The summed E-state index contributed by atoms with van der Waals surface area (Å²) in [6, 6.07) is 6.70. The first kappa shape index (κ1) is 20.3. The Morgan fingerprint density at radius 2 is 1.92 bits per heavy atom. The van der Waals surface area contributed by atoms with Gasteiger partial charge < -0.3 is 15.4 Å². The fraction of sp³-hybridized carbons (Fsp3) is 0.632. The number of likely N-dealkylation sites (N-methyl/N-ethyl adjacent to an activating group) is 1. The van der Waals surface area contributed by atoms with Gasteiger partial charge in [0.15, 0.2) is 5.96 Å². The second-order valence-corrected chi connectivity index (χ2v) is 5.96. The van der Waals surface area contributed by atoms with Gasteiger partial charge in [-0.3, -0.25) is 4.90 Å². The molecule has 1 unspecified atom stereocenters. The molecule has 0 bridgehead atoms. The van der Waals surface area contributed by atoms with E-state index >= 15 is 0 Å². The van der Waals surface area contributed by atoms with E-state index in [1.807, 2.05) is 6.07 Å². The Hall–Kier alpha value is -1.75. The van der Waals surface area contributed by atoms with Crippen molar-refractivity contribution >= 4 is 5.96 Å². The highest BCUT2D eigenvalue weighted by molar-refractivity contribution is 5.79. The van der Waals surface area contributed by atoms with Crippen LogP contribution in [0.2, 0.25) is 0 Å². The van der Waals surface area contributed by atoms with Gasteiger partial charge in [-0.15, -0.1) is 0 Å². The number of guanidine groups is 1. The summed E-state index contributed by atoms with van der Waals surface area (Å²) in [7, 11) is 1.71. The average molecular weight is 335 g/mol. The van der Waals surface area contributed by atoms with Crippen LogP contribution in [-0.4, -0.2) is 50.2 Å². The maximum atomic E-state index is 5.46. The van der Waals surface area contributed by atoms with Crippen molar-refractivity contribution < 1.29 is 4.74 Å². The Morgan fingerprint density at radius 3 is 2.50 bits per heavy atom. The van der Waals surface area contributed by atoms with Gasteiger partial charge in [0.05, 0.1) is 13.7 Å². The summed E-state index contributed by atoms with van der Waals surface area (Å²) in [6.45, 7) is 15.2. The third-order valence-corrected chi connectivity index (χ3v) is 4.19. The number of hydrogen-bond acceptors (Lipinski definition) is 3. The second-order valence-electron chi connectivity index (χ2n) is 5.96. The van der Waals surface area contributed by atoms with E-state index < -0.39 is 0 Å².